The van der Waals surface area contributed by atoms with Crippen LogP contribution in [0.2, 0.25) is 0 Å². The lowest BCUT2D eigenvalue weighted by molar-refractivity contribution is 0.0246. The number of aliphatic hydroxyl groups excluding tert-OH is 1. The number of rotatable bonds is 10. The summed E-state index contributed by atoms with van der Waals surface area (Å²) in [5.41, 5.74) is 2.56. The second kappa shape index (κ2) is 9.70. The van der Waals surface area contributed by atoms with E-state index in [1.807, 2.05) is 0 Å². The van der Waals surface area contributed by atoms with E-state index in [4.69, 9.17) is 4.74 Å². The quantitative estimate of drug-likeness (QED) is 0.527. The molecule has 20 heavy (non-hydrogen) atoms. The summed E-state index contributed by atoms with van der Waals surface area (Å²) >= 11 is 0. The van der Waals surface area contributed by atoms with Crippen LogP contribution in [0, 0.1) is 6.92 Å². The molecule has 3 heteroatoms. The molecule has 0 aliphatic carbocycles. The van der Waals surface area contributed by atoms with Gasteiger partial charge in [0.15, 0.2) is 0 Å². The first-order valence-electron chi connectivity index (χ1n) is 7.30. The summed E-state index contributed by atoms with van der Waals surface area (Å²) in [6.07, 6.45) is 2.32. The van der Waals surface area contributed by atoms with Gasteiger partial charge in [0.1, 0.15) is 0 Å². The molecular formula is C17H27NO2. The van der Waals surface area contributed by atoms with Crippen LogP contribution < -0.4 is 0 Å². The minimum atomic E-state index is -0.452. The van der Waals surface area contributed by atoms with Crippen LogP contribution in [0.1, 0.15) is 24.5 Å². The molecule has 0 heterocycles. The molecule has 0 fully saturated rings. The van der Waals surface area contributed by atoms with Gasteiger partial charge in [-0.25, -0.2) is 0 Å². The highest BCUT2D eigenvalue weighted by Crippen LogP contribution is 2.09. The normalized spacial score (nSPS) is 12.6. The van der Waals surface area contributed by atoms with Gasteiger partial charge in [-0.15, -0.1) is 6.58 Å². The summed E-state index contributed by atoms with van der Waals surface area (Å²) in [7, 11) is 0. The van der Waals surface area contributed by atoms with Crippen molar-refractivity contribution in [3.8, 4) is 0 Å². The van der Waals surface area contributed by atoms with Crippen LogP contribution in [-0.4, -0.2) is 42.4 Å². The van der Waals surface area contributed by atoms with E-state index in [0.717, 1.165) is 19.5 Å². The number of benzene rings is 1. The SMILES string of the molecule is C=CCOCC(O)CN(CCC)Cc1cccc(C)c1. The summed E-state index contributed by atoms with van der Waals surface area (Å²) < 4.78 is 5.30. The Morgan fingerprint density at radius 3 is 2.90 bits per heavy atom. The highest BCUT2D eigenvalue weighted by atomic mass is 16.5. The van der Waals surface area contributed by atoms with Gasteiger partial charge >= 0.3 is 0 Å². The Labute approximate surface area is 122 Å². The lowest BCUT2D eigenvalue weighted by atomic mass is 10.1. The average molecular weight is 277 g/mol. The summed E-state index contributed by atoms with van der Waals surface area (Å²) in [5.74, 6) is 0. The van der Waals surface area contributed by atoms with E-state index in [0.29, 0.717) is 19.8 Å². The first-order valence-corrected chi connectivity index (χ1v) is 7.30. The van der Waals surface area contributed by atoms with Gasteiger partial charge in [-0.05, 0) is 25.5 Å². The maximum absolute atomic E-state index is 10.0. The molecule has 1 aromatic carbocycles. The molecule has 0 aliphatic rings. The topological polar surface area (TPSA) is 32.7 Å². The Bertz CT molecular complexity index is 392. The number of nitrogens with zero attached hydrogens (tertiary/aromatic N) is 1. The summed E-state index contributed by atoms with van der Waals surface area (Å²) in [6.45, 7) is 11.2. The van der Waals surface area contributed by atoms with Crippen LogP contribution in [0.15, 0.2) is 36.9 Å². The van der Waals surface area contributed by atoms with Crippen molar-refractivity contribution in [2.24, 2.45) is 0 Å². The molecule has 1 atom stereocenters. The Balaban J connectivity index is 2.48. The van der Waals surface area contributed by atoms with Crippen LogP contribution in [0.3, 0.4) is 0 Å². The number of hydrogen-bond acceptors (Lipinski definition) is 3. The van der Waals surface area contributed by atoms with Crippen LogP contribution in [-0.2, 0) is 11.3 Å². The zero-order valence-corrected chi connectivity index (χ0v) is 12.7. The number of hydrogen-bond donors (Lipinski definition) is 1. The largest absolute Gasteiger partial charge is 0.389 e. The average Bonchev–Trinajstić information content (AvgIpc) is 2.39. The highest BCUT2D eigenvalue weighted by Gasteiger charge is 2.11. The molecule has 0 radical (unpaired) electrons. The summed E-state index contributed by atoms with van der Waals surface area (Å²) in [6, 6.07) is 8.52. The lowest BCUT2D eigenvalue weighted by Gasteiger charge is -2.24. The standard InChI is InChI=1S/C17H27NO2/c1-4-9-18(13-17(19)14-20-10-5-2)12-16-8-6-7-15(3)11-16/h5-8,11,17,19H,2,4,9-10,12-14H2,1,3H3. The molecule has 0 spiro atoms. The second-order valence-corrected chi connectivity index (χ2v) is 5.20. The van der Waals surface area contributed by atoms with Gasteiger partial charge in [0.05, 0.1) is 19.3 Å². The third kappa shape index (κ3) is 6.85. The van der Waals surface area contributed by atoms with Crippen molar-refractivity contribution in [1.29, 1.82) is 0 Å². The Hall–Kier alpha value is -1.16. The van der Waals surface area contributed by atoms with Crippen molar-refractivity contribution in [3.05, 3.63) is 48.0 Å². The molecule has 0 saturated carbocycles. The van der Waals surface area contributed by atoms with Gasteiger partial charge in [-0.3, -0.25) is 4.90 Å². The minimum absolute atomic E-state index is 0.361. The summed E-state index contributed by atoms with van der Waals surface area (Å²) in [4.78, 5) is 2.27. The van der Waals surface area contributed by atoms with E-state index >= 15 is 0 Å². The molecule has 0 bridgehead atoms. The molecule has 0 aromatic heterocycles. The van der Waals surface area contributed by atoms with Gasteiger partial charge in [0.2, 0.25) is 0 Å². The van der Waals surface area contributed by atoms with Crippen molar-refractivity contribution >= 4 is 0 Å². The molecule has 1 unspecified atom stereocenters. The van der Waals surface area contributed by atoms with Crippen LogP contribution in [0.4, 0.5) is 0 Å². The molecule has 112 valence electrons. The van der Waals surface area contributed by atoms with E-state index in [9.17, 15) is 5.11 Å². The Morgan fingerprint density at radius 2 is 2.25 bits per heavy atom. The number of aliphatic hydroxyl groups is 1. The van der Waals surface area contributed by atoms with Gasteiger partial charge in [0.25, 0.3) is 0 Å². The maximum atomic E-state index is 10.0. The minimum Gasteiger partial charge on any atom is -0.389 e. The zero-order chi connectivity index (χ0) is 14.8. The van der Waals surface area contributed by atoms with E-state index in [1.54, 1.807) is 6.08 Å². The van der Waals surface area contributed by atoms with Crippen LogP contribution in [0.25, 0.3) is 0 Å². The first-order chi connectivity index (χ1) is 9.65. The predicted octanol–water partition coefficient (Wildman–Crippen LogP) is 2.77. The van der Waals surface area contributed by atoms with Crippen molar-refractivity contribution in [2.45, 2.75) is 32.9 Å². The molecule has 0 amide bonds. The van der Waals surface area contributed by atoms with Crippen LogP contribution >= 0.6 is 0 Å². The zero-order valence-electron chi connectivity index (χ0n) is 12.7. The highest BCUT2D eigenvalue weighted by molar-refractivity contribution is 5.22. The van der Waals surface area contributed by atoms with Crippen molar-refractivity contribution < 1.29 is 9.84 Å². The van der Waals surface area contributed by atoms with Crippen molar-refractivity contribution in [3.63, 3.8) is 0 Å². The molecule has 0 aliphatic heterocycles. The van der Waals surface area contributed by atoms with E-state index in [2.05, 4.69) is 49.6 Å². The van der Waals surface area contributed by atoms with Crippen molar-refractivity contribution in [1.82, 2.24) is 4.90 Å². The molecule has 1 aromatic rings. The van der Waals surface area contributed by atoms with E-state index in [1.165, 1.54) is 11.1 Å². The second-order valence-electron chi connectivity index (χ2n) is 5.20. The van der Waals surface area contributed by atoms with Crippen LogP contribution in [0.5, 0.6) is 0 Å². The molecule has 3 nitrogen and oxygen atoms in total. The first kappa shape index (κ1) is 16.9. The van der Waals surface area contributed by atoms with E-state index < -0.39 is 6.10 Å². The third-order valence-electron chi connectivity index (χ3n) is 3.04. The van der Waals surface area contributed by atoms with Gasteiger partial charge in [0, 0.05) is 13.1 Å². The Kier molecular flexibility index (Phi) is 8.19. The van der Waals surface area contributed by atoms with Gasteiger partial charge in [-0.2, -0.15) is 0 Å². The monoisotopic (exact) mass is 277 g/mol. The fourth-order valence-electron chi connectivity index (χ4n) is 2.26. The number of aryl methyl sites for hydroxylation is 1. The van der Waals surface area contributed by atoms with Crippen molar-refractivity contribution in [2.75, 3.05) is 26.3 Å². The number of ether oxygens (including phenoxy) is 1. The third-order valence-corrected chi connectivity index (χ3v) is 3.04. The fourth-order valence-corrected chi connectivity index (χ4v) is 2.26. The van der Waals surface area contributed by atoms with Gasteiger partial charge < -0.3 is 9.84 Å². The smallest absolute Gasteiger partial charge is 0.0900 e. The lowest BCUT2D eigenvalue weighted by Crippen LogP contribution is -2.35. The molecule has 1 rings (SSSR count). The van der Waals surface area contributed by atoms with Gasteiger partial charge in [-0.1, -0.05) is 42.8 Å². The van der Waals surface area contributed by atoms with E-state index in [-0.39, 0.29) is 0 Å². The fraction of sp³-hybridized carbons (Fsp3) is 0.529. The molecule has 0 saturated heterocycles. The predicted molar refractivity (Wildman–Crippen MR) is 83.8 cm³/mol. The Morgan fingerprint density at radius 1 is 1.45 bits per heavy atom. The maximum Gasteiger partial charge on any atom is 0.0900 e. The molecular weight excluding hydrogens is 250 g/mol. The summed E-state index contributed by atoms with van der Waals surface area (Å²) in [5, 5.41) is 10.0. The molecule has 1 N–H and O–H groups in total.